The largest absolute Gasteiger partial charge is 0.352 e. The van der Waals surface area contributed by atoms with Crippen LogP contribution < -0.4 is 11.1 Å². The van der Waals surface area contributed by atoms with Gasteiger partial charge in [-0.25, -0.2) is 0 Å². The van der Waals surface area contributed by atoms with Crippen molar-refractivity contribution >= 4 is 29.9 Å². The molecule has 17 heavy (non-hydrogen) atoms. The highest BCUT2D eigenvalue weighted by Gasteiger charge is 2.04. The van der Waals surface area contributed by atoms with E-state index >= 15 is 0 Å². The fourth-order valence-corrected chi connectivity index (χ4v) is 1.49. The lowest BCUT2D eigenvalue weighted by molar-refractivity contribution is -0.121. The molecule has 0 heterocycles. The van der Waals surface area contributed by atoms with Crippen molar-refractivity contribution < 1.29 is 4.79 Å². The van der Waals surface area contributed by atoms with Crippen LogP contribution in [0.3, 0.4) is 0 Å². The maximum Gasteiger partial charge on any atom is 0.220 e. The average Bonchev–Trinajstić information content (AvgIpc) is 2.25. The molecule has 3 nitrogen and oxygen atoms in total. The minimum absolute atomic E-state index is 0. The quantitative estimate of drug-likeness (QED) is 0.868. The highest BCUT2D eigenvalue weighted by Crippen LogP contribution is 2.14. The van der Waals surface area contributed by atoms with Crippen LogP contribution in [0.5, 0.6) is 0 Å². The van der Waals surface area contributed by atoms with E-state index in [-0.39, 0.29) is 24.4 Å². The van der Waals surface area contributed by atoms with Crippen molar-refractivity contribution in [2.75, 3.05) is 0 Å². The Labute approximate surface area is 113 Å². The molecular formula is C12H18Cl2N2O. The first-order chi connectivity index (χ1) is 7.59. The maximum absolute atomic E-state index is 11.4. The number of halogens is 2. The minimum Gasteiger partial charge on any atom is -0.352 e. The SMILES string of the molecule is CC(N)CCC(=O)NCc1ccccc1Cl.Cl. The Morgan fingerprint density at radius 2 is 2.12 bits per heavy atom. The van der Waals surface area contributed by atoms with Gasteiger partial charge < -0.3 is 11.1 Å². The van der Waals surface area contributed by atoms with Crippen molar-refractivity contribution in [2.24, 2.45) is 5.73 Å². The molecule has 1 aromatic carbocycles. The van der Waals surface area contributed by atoms with Gasteiger partial charge in [-0.15, -0.1) is 12.4 Å². The van der Waals surface area contributed by atoms with Crippen molar-refractivity contribution in [3.63, 3.8) is 0 Å². The molecule has 0 bridgehead atoms. The molecule has 0 aromatic heterocycles. The molecule has 0 aliphatic carbocycles. The highest BCUT2D eigenvalue weighted by atomic mass is 35.5. The van der Waals surface area contributed by atoms with Gasteiger partial charge in [0.25, 0.3) is 0 Å². The Morgan fingerprint density at radius 3 is 2.71 bits per heavy atom. The Morgan fingerprint density at radius 1 is 1.47 bits per heavy atom. The van der Waals surface area contributed by atoms with E-state index in [9.17, 15) is 4.79 Å². The smallest absolute Gasteiger partial charge is 0.220 e. The third-order valence-electron chi connectivity index (χ3n) is 2.26. The van der Waals surface area contributed by atoms with Gasteiger partial charge in [0.2, 0.25) is 5.91 Å². The minimum atomic E-state index is 0. The van der Waals surface area contributed by atoms with Crippen LogP contribution in [0.25, 0.3) is 0 Å². The topological polar surface area (TPSA) is 55.1 Å². The number of rotatable bonds is 5. The predicted molar refractivity (Wildman–Crippen MR) is 73.4 cm³/mol. The second-order valence-corrected chi connectivity index (χ2v) is 4.29. The van der Waals surface area contributed by atoms with Crippen LogP contribution in [0.15, 0.2) is 24.3 Å². The summed E-state index contributed by atoms with van der Waals surface area (Å²) in [6, 6.07) is 7.53. The monoisotopic (exact) mass is 276 g/mol. The molecule has 0 spiro atoms. The summed E-state index contributed by atoms with van der Waals surface area (Å²) in [5.74, 6) is 0.0113. The van der Waals surface area contributed by atoms with Gasteiger partial charge in [-0.2, -0.15) is 0 Å². The van der Waals surface area contributed by atoms with E-state index in [4.69, 9.17) is 17.3 Å². The normalized spacial score (nSPS) is 11.5. The lowest BCUT2D eigenvalue weighted by Crippen LogP contribution is -2.25. The molecule has 0 radical (unpaired) electrons. The van der Waals surface area contributed by atoms with Gasteiger partial charge in [0.05, 0.1) is 0 Å². The van der Waals surface area contributed by atoms with E-state index in [0.717, 1.165) is 5.56 Å². The molecule has 0 saturated heterocycles. The molecule has 1 atom stereocenters. The molecule has 0 aliphatic heterocycles. The van der Waals surface area contributed by atoms with Crippen molar-refractivity contribution in [3.8, 4) is 0 Å². The van der Waals surface area contributed by atoms with Crippen LogP contribution in [0, 0.1) is 0 Å². The van der Waals surface area contributed by atoms with Gasteiger partial charge in [0, 0.05) is 24.0 Å². The standard InChI is InChI=1S/C12H17ClN2O.ClH/c1-9(14)6-7-12(16)15-8-10-4-2-3-5-11(10)13;/h2-5,9H,6-8,14H2,1H3,(H,15,16);1H. The zero-order chi connectivity index (χ0) is 12.0. The maximum atomic E-state index is 11.4. The lowest BCUT2D eigenvalue weighted by Gasteiger charge is -2.08. The van der Waals surface area contributed by atoms with Crippen LogP contribution in [0.1, 0.15) is 25.3 Å². The number of hydrogen-bond acceptors (Lipinski definition) is 2. The number of carbonyl (C=O) groups excluding carboxylic acids is 1. The molecule has 0 fully saturated rings. The van der Waals surface area contributed by atoms with Crippen molar-refractivity contribution in [1.29, 1.82) is 0 Å². The van der Waals surface area contributed by atoms with Gasteiger partial charge in [0.1, 0.15) is 0 Å². The average molecular weight is 277 g/mol. The predicted octanol–water partition coefficient (Wildman–Crippen LogP) is 2.51. The first-order valence-electron chi connectivity index (χ1n) is 5.35. The summed E-state index contributed by atoms with van der Waals surface area (Å²) in [7, 11) is 0. The first kappa shape index (κ1) is 16.2. The summed E-state index contributed by atoms with van der Waals surface area (Å²) in [5.41, 5.74) is 6.50. The Bertz CT molecular complexity index is 356. The van der Waals surface area contributed by atoms with Crippen molar-refractivity contribution in [1.82, 2.24) is 5.32 Å². The van der Waals surface area contributed by atoms with Crippen molar-refractivity contribution in [2.45, 2.75) is 32.4 Å². The fraction of sp³-hybridized carbons (Fsp3) is 0.417. The zero-order valence-electron chi connectivity index (χ0n) is 9.78. The van der Waals surface area contributed by atoms with Crippen LogP contribution in [0.2, 0.25) is 5.02 Å². The lowest BCUT2D eigenvalue weighted by atomic mass is 10.2. The number of amides is 1. The fourth-order valence-electron chi connectivity index (χ4n) is 1.28. The molecule has 0 aliphatic rings. The van der Waals surface area contributed by atoms with E-state index in [1.165, 1.54) is 0 Å². The third-order valence-corrected chi connectivity index (χ3v) is 2.63. The molecule has 96 valence electrons. The molecule has 1 amide bonds. The summed E-state index contributed by atoms with van der Waals surface area (Å²) >= 11 is 5.96. The number of hydrogen-bond donors (Lipinski definition) is 2. The summed E-state index contributed by atoms with van der Waals surface area (Å²) in [4.78, 5) is 11.4. The van der Waals surface area contributed by atoms with Gasteiger partial charge in [-0.05, 0) is 25.0 Å². The highest BCUT2D eigenvalue weighted by molar-refractivity contribution is 6.31. The molecule has 3 N–H and O–H groups in total. The van der Waals surface area contributed by atoms with Gasteiger partial charge in [-0.1, -0.05) is 29.8 Å². The van der Waals surface area contributed by atoms with Crippen LogP contribution in [-0.4, -0.2) is 11.9 Å². The van der Waals surface area contributed by atoms with E-state index in [1.54, 1.807) is 0 Å². The molecular weight excluding hydrogens is 259 g/mol. The van der Waals surface area contributed by atoms with E-state index in [0.29, 0.717) is 24.4 Å². The Balaban J connectivity index is 0.00000256. The van der Waals surface area contributed by atoms with Gasteiger partial charge >= 0.3 is 0 Å². The summed E-state index contributed by atoms with van der Waals surface area (Å²) < 4.78 is 0. The molecule has 5 heteroatoms. The molecule has 1 aromatic rings. The summed E-state index contributed by atoms with van der Waals surface area (Å²) in [5, 5.41) is 3.49. The Kier molecular flexibility index (Phi) is 7.96. The number of benzene rings is 1. The molecule has 0 saturated carbocycles. The first-order valence-corrected chi connectivity index (χ1v) is 5.73. The Hall–Kier alpha value is -0.770. The van der Waals surface area contributed by atoms with Gasteiger partial charge in [-0.3, -0.25) is 4.79 Å². The van der Waals surface area contributed by atoms with E-state index in [1.807, 2.05) is 31.2 Å². The second kappa shape index (κ2) is 8.34. The second-order valence-electron chi connectivity index (χ2n) is 3.88. The molecule has 1 unspecified atom stereocenters. The number of nitrogens with one attached hydrogen (secondary N) is 1. The number of nitrogens with two attached hydrogens (primary N) is 1. The molecule has 1 rings (SSSR count). The zero-order valence-corrected chi connectivity index (χ0v) is 11.4. The van der Waals surface area contributed by atoms with Crippen LogP contribution in [0.4, 0.5) is 0 Å². The third kappa shape index (κ3) is 6.51. The van der Waals surface area contributed by atoms with E-state index < -0.39 is 0 Å². The summed E-state index contributed by atoms with van der Waals surface area (Å²) in [6.07, 6.45) is 1.16. The van der Waals surface area contributed by atoms with Crippen LogP contribution >= 0.6 is 24.0 Å². The van der Waals surface area contributed by atoms with Crippen molar-refractivity contribution in [3.05, 3.63) is 34.9 Å². The summed E-state index contributed by atoms with van der Waals surface area (Å²) in [6.45, 7) is 2.36. The van der Waals surface area contributed by atoms with E-state index in [2.05, 4.69) is 5.32 Å². The van der Waals surface area contributed by atoms with Crippen LogP contribution in [-0.2, 0) is 11.3 Å². The number of carbonyl (C=O) groups is 1. The van der Waals surface area contributed by atoms with Gasteiger partial charge in [0.15, 0.2) is 0 Å².